The summed E-state index contributed by atoms with van der Waals surface area (Å²) in [6, 6.07) is 5.48. The van der Waals surface area contributed by atoms with Gasteiger partial charge in [-0.3, -0.25) is 14.5 Å². The lowest BCUT2D eigenvalue weighted by molar-refractivity contribution is -0.141. The minimum Gasteiger partial charge on any atom is -0.334 e. The Balaban J connectivity index is 1.56. The van der Waals surface area contributed by atoms with Gasteiger partial charge in [0.25, 0.3) is 5.91 Å². The van der Waals surface area contributed by atoms with Crippen molar-refractivity contribution in [3.05, 3.63) is 36.2 Å². The molecular formula is C21H27N7O5S. The van der Waals surface area contributed by atoms with Gasteiger partial charge in [0.05, 0.1) is 17.2 Å². The summed E-state index contributed by atoms with van der Waals surface area (Å²) in [6.45, 7) is 4.85. The summed E-state index contributed by atoms with van der Waals surface area (Å²) in [6.07, 6.45) is 2.37. The Labute approximate surface area is 197 Å². The fourth-order valence-corrected chi connectivity index (χ4v) is 6.20. The van der Waals surface area contributed by atoms with Crippen molar-refractivity contribution in [3.63, 3.8) is 0 Å². The molecular weight excluding hydrogens is 462 g/mol. The summed E-state index contributed by atoms with van der Waals surface area (Å²) in [7, 11) is -3.21. The highest BCUT2D eigenvalue weighted by molar-refractivity contribution is 7.91. The normalized spacial score (nSPS) is 24.8. The molecule has 13 heteroatoms. The van der Waals surface area contributed by atoms with Gasteiger partial charge in [-0.05, 0) is 54.8 Å². The first-order valence-electron chi connectivity index (χ1n) is 11.1. The van der Waals surface area contributed by atoms with E-state index in [1.165, 1.54) is 15.9 Å². The fourth-order valence-electron chi connectivity index (χ4n) is 4.49. The van der Waals surface area contributed by atoms with Gasteiger partial charge in [-0.2, -0.15) is 0 Å². The van der Waals surface area contributed by atoms with Gasteiger partial charge in [-0.25, -0.2) is 17.9 Å². The first-order chi connectivity index (χ1) is 16.1. The molecule has 0 bridgehead atoms. The summed E-state index contributed by atoms with van der Waals surface area (Å²) in [5, 5.41) is 13.7. The lowest BCUT2D eigenvalue weighted by atomic mass is 9.91. The molecule has 3 atom stereocenters. The molecule has 1 N–H and O–H groups in total. The largest absolute Gasteiger partial charge is 0.334 e. The van der Waals surface area contributed by atoms with Crippen LogP contribution in [0, 0.1) is 0 Å². The molecule has 0 spiro atoms. The molecule has 34 heavy (non-hydrogen) atoms. The van der Waals surface area contributed by atoms with Crippen molar-refractivity contribution in [1.82, 2.24) is 35.3 Å². The number of tetrazole rings is 1. The van der Waals surface area contributed by atoms with Gasteiger partial charge in [0.1, 0.15) is 18.4 Å². The van der Waals surface area contributed by atoms with Gasteiger partial charge in [-0.1, -0.05) is 19.1 Å². The lowest BCUT2D eigenvalue weighted by Gasteiger charge is -2.34. The van der Waals surface area contributed by atoms with E-state index < -0.39 is 45.8 Å². The molecule has 1 aromatic heterocycles. The quantitative estimate of drug-likeness (QED) is 0.544. The van der Waals surface area contributed by atoms with Crippen molar-refractivity contribution in [3.8, 4) is 5.69 Å². The van der Waals surface area contributed by atoms with E-state index in [4.69, 9.17) is 0 Å². The molecule has 0 saturated carbocycles. The van der Waals surface area contributed by atoms with Gasteiger partial charge >= 0.3 is 6.03 Å². The predicted molar refractivity (Wildman–Crippen MR) is 120 cm³/mol. The monoisotopic (exact) mass is 489 g/mol. The molecule has 1 aromatic carbocycles. The molecule has 0 aliphatic carbocycles. The number of rotatable bonds is 7. The minimum absolute atomic E-state index is 0.0245. The van der Waals surface area contributed by atoms with Gasteiger partial charge in [0.2, 0.25) is 5.91 Å². The third kappa shape index (κ3) is 4.27. The third-order valence-electron chi connectivity index (χ3n) is 6.56. The number of hydrogen-bond donors (Lipinski definition) is 1. The van der Waals surface area contributed by atoms with Crippen LogP contribution in [0.1, 0.15) is 39.2 Å². The summed E-state index contributed by atoms with van der Waals surface area (Å²) in [5.41, 5.74) is -0.278. The smallest absolute Gasteiger partial charge is 0.325 e. The highest BCUT2D eigenvalue weighted by atomic mass is 32.2. The molecule has 2 saturated heterocycles. The van der Waals surface area contributed by atoms with Crippen LogP contribution >= 0.6 is 0 Å². The van der Waals surface area contributed by atoms with E-state index in [1.807, 2.05) is 13.8 Å². The van der Waals surface area contributed by atoms with Crippen molar-refractivity contribution in [2.75, 3.05) is 18.1 Å². The summed E-state index contributed by atoms with van der Waals surface area (Å²) in [5.74, 6) is -1.10. The Bertz CT molecular complexity index is 1220. The van der Waals surface area contributed by atoms with Crippen LogP contribution in [0.15, 0.2) is 30.6 Å². The van der Waals surface area contributed by atoms with E-state index in [-0.39, 0.29) is 17.5 Å². The van der Waals surface area contributed by atoms with E-state index in [0.29, 0.717) is 24.1 Å². The van der Waals surface area contributed by atoms with Crippen LogP contribution in [0.5, 0.6) is 0 Å². The molecule has 3 unspecified atom stereocenters. The number of nitrogens with zero attached hydrogens (tertiary/aromatic N) is 6. The number of aromatic nitrogens is 4. The van der Waals surface area contributed by atoms with Crippen LogP contribution in [-0.4, -0.2) is 86.4 Å². The molecule has 2 aliphatic heterocycles. The molecule has 2 aliphatic rings. The van der Waals surface area contributed by atoms with Crippen molar-refractivity contribution in [2.45, 2.75) is 51.2 Å². The number of carbonyl (C=O) groups is 3. The van der Waals surface area contributed by atoms with Crippen molar-refractivity contribution in [2.24, 2.45) is 0 Å². The number of imide groups is 1. The minimum atomic E-state index is -3.21. The number of sulfone groups is 1. The number of nitrogens with one attached hydrogen (secondary N) is 1. The molecule has 2 fully saturated rings. The SMILES string of the molecule is CCC(C)N(C(=O)CN1C(=O)NC(C)(c2cccc(-n3cnnn3)c2)C1=O)C1CCS(=O)(=O)C1. The topological polar surface area (TPSA) is 147 Å². The van der Waals surface area contributed by atoms with E-state index in [9.17, 15) is 22.8 Å². The van der Waals surface area contributed by atoms with Gasteiger partial charge < -0.3 is 10.2 Å². The first-order valence-corrected chi connectivity index (χ1v) is 12.9. The van der Waals surface area contributed by atoms with Crippen LogP contribution in [0.2, 0.25) is 0 Å². The Kier molecular flexibility index (Phi) is 6.14. The molecule has 4 rings (SSSR count). The molecule has 3 heterocycles. The van der Waals surface area contributed by atoms with Crippen LogP contribution in [0.25, 0.3) is 5.69 Å². The summed E-state index contributed by atoms with van der Waals surface area (Å²) < 4.78 is 25.4. The van der Waals surface area contributed by atoms with Crippen molar-refractivity contribution in [1.29, 1.82) is 0 Å². The second-order valence-corrected chi connectivity index (χ2v) is 11.1. The number of amides is 4. The van der Waals surface area contributed by atoms with Crippen LogP contribution in [0.3, 0.4) is 0 Å². The summed E-state index contributed by atoms with van der Waals surface area (Å²) in [4.78, 5) is 41.9. The van der Waals surface area contributed by atoms with Gasteiger partial charge in [0, 0.05) is 12.1 Å². The predicted octanol–water partition coefficient (Wildman–Crippen LogP) is 0.244. The van der Waals surface area contributed by atoms with Crippen LogP contribution < -0.4 is 5.32 Å². The van der Waals surface area contributed by atoms with Crippen LogP contribution in [-0.2, 0) is 25.0 Å². The Hall–Kier alpha value is -3.35. The Morgan fingerprint density at radius 1 is 1.35 bits per heavy atom. The number of benzene rings is 1. The van der Waals surface area contributed by atoms with Crippen molar-refractivity contribution < 1.29 is 22.8 Å². The maximum Gasteiger partial charge on any atom is 0.325 e. The molecule has 0 radical (unpaired) electrons. The molecule has 4 amide bonds. The average molecular weight is 490 g/mol. The number of carbonyl (C=O) groups excluding carboxylic acids is 3. The van der Waals surface area contributed by atoms with E-state index in [2.05, 4.69) is 20.8 Å². The fraction of sp³-hybridized carbons (Fsp3) is 0.524. The second kappa shape index (κ2) is 8.78. The van der Waals surface area contributed by atoms with E-state index >= 15 is 0 Å². The number of urea groups is 1. The second-order valence-electron chi connectivity index (χ2n) is 8.87. The standard InChI is InChI=1S/C21H27N7O5S/c1-4-14(2)28(17-8-9-34(32,33)12-17)18(29)11-26-19(30)21(3,23-20(26)31)15-6-5-7-16(10-15)27-13-22-24-25-27/h5-7,10,13-14,17H,4,8-9,11-12H2,1-3H3,(H,23,31). The average Bonchev–Trinajstić information content (AvgIpc) is 3.51. The lowest BCUT2D eigenvalue weighted by Crippen LogP contribution is -2.51. The molecule has 2 aromatic rings. The third-order valence-corrected chi connectivity index (χ3v) is 8.31. The zero-order valence-electron chi connectivity index (χ0n) is 19.2. The molecule has 182 valence electrons. The Morgan fingerprint density at radius 2 is 2.12 bits per heavy atom. The van der Waals surface area contributed by atoms with Gasteiger partial charge in [0.15, 0.2) is 9.84 Å². The van der Waals surface area contributed by atoms with E-state index in [1.54, 1.807) is 31.2 Å². The maximum atomic E-state index is 13.4. The highest BCUT2D eigenvalue weighted by Gasteiger charge is 2.50. The molecule has 12 nitrogen and oxygen atoms in total. The number of hydrogen-bond acceptors (Lipinski definition) is 8. The van der Waals surface area contributed by atoms with Crippen molar-refractivity contribution >= 4 is 27.7 Å². The Morgan fingerprint density at radius 3 is 2.74 bits per heavy atom. The van der Waals surface area contributed by atoms with Crippen LogP contribution in [0.4, 0.5) is 4.79 Å². The van der Waals surface area contributed by atoms with Gasteiger partial charge in [-0.15, -0.1) is 5.10 Å². The summed E-state index contributed by atoms with van der Waals surface area (Å²) >= 11 is 0. The van der Waals surface area contributed by atoms with E-state index in [0.717, 1.165) is 4.90 Å². The zero-order chi connectivity index (χ0) is 24.7. The highest BCUT2D eigenvalue weighted by Crippen LogP contribution is 2.30. The zero-order valence-corrected chi connectivity index (χ0v) is 20.0. The first kappa shape index (κ1) is 23.8. The maximum absolute atomic E-state index is 13.4.